The van der Waals surface area contributed by atoms with Gasteiger partial charge in [-0.3, -0.25) is 4.79 Å². The number of benzene rings is 1. The number of ether oxygens (including phenoxy) is 1. The molecule has 0 bridgehead atoms. The number of amides is 1. The SMILES string of the molecule is COCCNC(=O)CNC(C)c1cc(C)ccc1O. The molecule has 19 heavy (non-hydrogen) atoms. The first-order chi connectivity index (χ1) is 9.04. The minimum absolute atomic E-state index is 0.0870. The molecule has 1 unspecified atom stereocenters. The number of hydrogen-bond acceptors (Lipinski definition) is 4. The number of hydrogen-bond donors (Lipinski definition) is 3. The molecule has 0 saturated carbocycles. The van der Waals surface area contributed by atoms with E-state index >= 15 is 0 Å². The summed E-state index contributed by atoms with van der Waals surface area (Å²) < 4.78 is 4.85. The van der Waals surface area contributed by atoms with Gasteiger partial charge in [0.2, 0.25) is 5.91 Å². The van der Waals surface area contributed by atoms with Crippen molar-refractivity contribution in [3.8, 4) is 5.75 Å². The van der Waals surface area contributed by atoms with Crippen LogP contribution in [0, 0.1) is 6.92 Å². The summed E-state index contributed by atoms with van der Waals surface area (Å²) in [5.41, 5.74) is 1.87. The van der Waals surface area contributed by atoms with Crippen LogP contribution in [-0.4, -0.2) is 37.8 Å². The maximum Gasteiger partial charge on any atom is 0.234 e. The van der Waals surface area contributed by atoms with Crippen molar-refractivity contribution in [2.75, 3.05) is 26.8 Å². The summed E-state index contributed by atoms with van der Waals surface area (Å²) in [7, 11) is 1.59. The van der Waals surface area contributed by atoms with E-state index in [1.54, 1.807) is 13.2 Å². The van der Waals surface area contributed by atoms with Crippen molar-refractivity contribution in [1.82, 2.24) is 10.6 Å². The average molecular weight is 266 g/mol. The number of nitrogens with one attached hydrogen (secondary N) is 2. The third-order valence-corrected chi connectivity index (χ3v) is 2.85. The van der Waals surface area contributed by atoms with Crippen LogP contribution in [0.5, 0.6) is 5.75 Å². The van der Waals surface area contributed by atoms with Crippen molar-refractivity contribution >= 4 is 5.91 Å². The Balaban J connectivity index is 2.44. The molecule has 0 aromatic heterocycles. The van der Waals surface area contributed by atoms with Gasteiger partial charge in [0.05, 0.1) is 13.2 Å². The van der Waals surface area contributed by atoms with Gasteiger partial charge in [-0.1, -0.05) is 17.7 Å². The summed E-state index contributed by atoms with van der Waals surface area (Å²) in [5.74, 6) is 0.154. The molecule has 106 valence electrons. The lowest BCUT2D eigenvalue weighted by Crippen LogP contribution is -2.36. The van der Waals surface area contributed by atoms with E-state index in [2.05, 4.69) is 10.6 Å². The Morgan fingerprint density at radius 1 is 1.47 bits per heavy atom. The lowest BCUT2D eigenvalue weighted by molar-refractivity contribution is -0.120. The van der Waals surface area contributed by atoms with Crippen LogP contribution in [0.4, 0.5) is 0 Å². The Kier molecular flexibility index (Phi) is 6.32. The second-order valence-corrected chi connectivity index (χ2v) is 4.51. The molecule has 0 aliphatic rings. The van der Waals surface area contributed by atoms with Crippen LogP contribution in [0.3, 0.4) is 0 Å². The minimum Gasteiger partial charge on any atom is -0.508 e. The van der Waals surface area contributed by atoms with Crippen LogP contribution >= 0.6 is 0 Å². The Morgan fingerprint density at radius 2 is 2.21 bits per heavy atom. The summed E-state index contributed by atoms with van der Waals surface area (Å²) in [6.45, 7) is 5.09. The number of methoxy groups -OCH3 is 1. The standard InChI is InChI=1S/C14H22N2O3/c1-10-4-5-13(17)12(8-10)11(2)16-9-14(18)15-6-7-19-3/h4-5,8,11,16-17H,6-7,9H2,1-3H3,(H,15,18). The number of aromatic hydroxyl groups is 1. The molecular formula is C14H22N2O3. The Bertz CT molecular complexity index is 421. The maximum absolute atomic E-state index is 11.5. The first kappa shape index (κ1) is 15.5. The Morgan fingerprint density at radius 3 is 2.89 bits per heavy atom. The van der Waals surface area contributed by atoms with Gasteiger partial charge in [0.15, 0.2) is 0 Å². The number of phenolic OH excluding ortho intramolecular Hbond substituents is 1. The van der Waals surface area contributed by atoms with Crippen LogP contribution < -0.4 is 10.6 Å². The lowest BCUT2D eigenvalue weighted by Gasteiger charge is -2.16. The normalized spacial score (nSPS) is 12.2. The predicted octanol–water partition coefficient (Wildman–Crippen LogP) is 1.11. The van der Waals surface area contributed by atoms with Gasteiger partial charge in [0, 0.05) is 25.3 Å². The molecule has 1 amide bonds. The average Bonchev–Trinajstić information content (AvgIpc) is 2.39. The summed E-state index contributed by atoms with van der Waals surface area (Å²) in [6.07, 6.45) is 0. The first-order valence-electron chi connectivity index (χ1n) is 6.33. The van der Waals surface area contributed by atoms with Crippen LogP contribution in [0.25, 0.3) is 0 Å². The van der Waals surface area contributed by atoms with E-state index in [-0.39, 0.29) is 24.2 Å². The molecule has 0 spiro atoms. The van der Waals surface area contributed by atoms with E-state index < -0.39 is 0 Å². The highest BCUT2D eigenvalue weighted by atomic mass is 16.5. The van der Waals surface area contributed by atoms with Gasteiger partial charge in [-0.05, 0) is 19.9 Å². The van der Waals surface area contributed by atoms with E-state index in [1.165, 1.54) is 0 Å². The monoisotopic (exact) mass is 266 g/mol. The van der Waals surface area contributed by atoms with Gasteiger partial charge in [0.25, 0.3) is 0 Å². The zero-order chi connectivity index (χ0) is 14.3. The fraction of sp³-hybridized carbons (Fsp3) is 0.500. The number of carbonyl (C=O) groups is 1. The summed E-state index contributed by atoms with van der Waals surface area (Å²) >= 11 is 0. The van der Waals surface area contributed by atoms with Crippen molar-refractivity contribution in [2.24, 2.45) is 0 Å². The fourth-order valence-corrected chi connectivity index (χ4v) is 1.73. The second-order valence-electron chi connectivity index (χ2n) is 4.51. The van der Waals surface area contributed by atoms with E-state index in [0.29, 0.717) is 13.2 Å². The molecule has 0 saturated heterocycles. The highest BCUT2D eigenvalue weighted by Crippen LogP contribution is 2.24. The molecule has 1 aromatic rings. The van der Waals surface area contributed by atoms with Gasteiger partial charge in [-0.2, -0.15) is 0 Å². The fourth-order valence-electron chi connectivity index (χ4n) is 1.73. The van der Waals surface area contributed by atoms with E-state index in [1.807, 2.05) is 26.0 Å². The van der Waals surface area contributed by atoms with Crippen LogP contribution in [0.1, 0.15) is 24.1 Å². The third kappa shape index (κ3) is 5.28. The highest BCUT2D eigenvalue weighted by molar-refractivity contribution is 5.78. The van der Waals surface area contributed by atoms with Gasteiger partial charge in [-0.25, -0.2) is 0 Å². The van der Waals surface area contributed by atoms with Crippen LogP contribution in [0.2, 0.25) is 0 Å². The van der Waals surface area contributed by atoms with Crippen molar-refractivity contribution in [3.05, 3.63) is 29.3 Å². The summed E-state index contributed by atoms with van der Waals surface area (Å²) in [4.78, 5) is 11.5. The largest absolute Gasteiger partial charge is 0.508 e. The number of carbonyl (C=O) groups excluding carboxylic acids is 1. The molecule has 3 N–H and O–H groups in total. The first-order valence-corrected chi connectivity index (χ1v) is 6.33. The van der Waals surface area contributed by atoms with Crippen molar-refractivity contribution in [1.29, 1.82) is 0 Å². The lowest BCUT2D eigenvalue weighted by atomic mass is 10.0. The number of rotatable bonds is 7. The highest BCUT2D eigenvalue weighted by Gasteiger charge is 2.11. The molecule has 0 aliphatic heterocycles. The molecule has 0 aliphatic carbocycles. The summed E-state index contributed by atoms with van der Waals surface area (Å²) in [6, 6.07) is 5.34. The van der Waals surface area contributed by atoms with Gasteiger partial charge < -0.3 is 20.5 Å². The van der Waals surface area contributed by atoms with Crippen LogP contribution in [0.15, 0.2) is 18.2 Å². The zero-order valence-electron chi connectivity index (χ0n) is 11.7. The topological polar surface area (TPSA) is 70.6 Å². The van der Waals surface area contributed by atoms with Crippen molar-refractivity contribution < 1.29 is 14.6 Å². The molecule has 1 aromatic carbocycles. The number of aryl methyl sites for hydroxylation is 1. The number of phenols is 1. The second kappa shape index (κ2) is 7.76. The molecule has 0 radical (unpaired) electrons. The minimum atomic E-state index is -0.0897. The molecule has 1 atom stereocenters. The Hall–Kier alpha value is -1.59. The quantitative estimate of drug-likeness (QED) is 0.647. The zero-order valence-corrected chi connectivity index (χ0v) is 11.7. The summed E-state index contributed by atoms with van der Waals surface area (Å²) in [5, 5.41) is 15.6. The van der Waals surface area contributed by atoms with E-state index in [9.17, 15) is 9.90 Å². The van der Waals surface area contributed by atoms with Gasteiger partial charge in [-0.15, -0.1) is 0 Å². The van der Waals surface area contributed by atoms with E-state index in [4.69, 9.17) is 4.74 Å². The molecular weight excluding hydrogens is 244 g/mol. The van der Waals surface area contributed by atoms with Crippen molar-refractivity contribution in [3.63, 3.8) is 0 Å². The molecule has 5 heteroatoms. The maximum atomic E-state index is 11.5. The van der Waals surface area contributed by atoms with Crippen LogP contribution in [-0.2, 0) is 9.53 Å². The molecule has 0 heterocycles. The Labute approximate surface area is 114 Å². The molecule has 5 nitrogen and oxygen atoms in total. The smallest absolute Gasteiger partial charge is 0.234 e. The molecule has 0 fully saturated rings. The third-order valence-electron chi connectivity index (χ3n) is 2.85. The van der Waals surface area contributed by atoms with Crippen molar-refractivity contribution in [2.45, 2.75) is 19.9 Å². The van der Waals surface area contributed by atoms with Gasteiger partial charge >= 0.3 is 0 Å². The predicted molar refractivity (Wildman–Crippen MR) is 74.1 cm³/mol. The molecule has 1 rings (SSSR count). The van der Waals surface area contributed by atoms with E-state index in [0.717, 1.165) is 11.1 Å². The van der Waals surface area contributed by atoms with Gasteiger partial charge in [0.1, 0.15) is 5.75 Å².